The van der Waals surface area contributed by atoms with Crippen LogP contribution < -0.4 is 32.0 Å². The smallest absolute Gasteiger partial charge is 0.272 e. The number of nitrogens with two attached hydrogens (primary N) is 1. The zero-order valence-electron chi connectivity index (χ0n) is 25.1. The van der Waals surface area contributed by atoms with Gasteiger partial charge in [0.15, 0.2) is 17.2 Å². The molecule has 0 aliphatic rings. The van der Waals surface area contributed by atoms with E-state index in [-0.39, 0.29) is 23.9 Å². The molecule has 4 N–H and O–H groups in total. The van der Waals surface area contributed by atoms with E-state index < -0.39 is 10.9 Å². The van der Waals surface area contributed by atoms with Crippen LogP contribution in [0.5, 0.6) is 5.75 Å². The molecule has 3 heterocycles. The van der Waals surface area contributed by atoms with Crippen molar-refractivity contribution in [2.75, 3.05) is 18.2 Å². The van der Waals surface area contributed by atoms with Crippen molar-refractivity contribution in [3.63, 3.8) is 0 Å². The van der Waals surface area contributed by atoms with E-state index in [2.05, 4.69) is 15.6 Å². The molecular formula is C36H27N7O4. The van der Waals surface area contributed by atoms with Crippen molar-refractivity contribution in [3.05, 3.63) is 141 Å². The fourth-order valence-electron chi connectivity index (χ4n) is 5.37. The third-order valence-electron chi connectivity index (χ3n) is 7.77. The lowest BCUT2D eigenvalue weighted by molar-refractivity contribution is 0.0951. The molecule has 0 fully saturated rings. The highest BCUT2D eigenvalue weighted by atomic mass is 16.5. The number of amides is 1. The zero-order chi connectivity index (χ0) is 32.5. The summed E-state index contributed by atoms with van der Waals surface area (Å²) in [5.74, 6) is 0.636. The molecule has 1 amide bonds. The normalized spacial score (nSPS) is 11.1. The average molecular weight is 622 g/mol. The lowest BCUT2D eigenvalue weighted by atomic mass is 10.1. The number of carbonyl (C=O) groups excluding carboxylic acids is 1. The first-order chi connectivity index (χ1) is 22.9. The number of aromatic nitrogens is 4. The number of benzene rings is 3. The predicted molar refractivity (Wildman–Crippen MR) is 181 cm³/mol. The summed E-state index contributed by atoms with van der Waals surface area (Å²) in [6.45, 7) is 0.270. The molecule has 0 atom stereocenters. The van der Waals surface area contributed by atoms with Gasteiger partial charge in [0.2, 0.25) is 0 Å². The van der Waals surface area contributed by atoms with Crippen molar-refractivity contribution >= 4 is 34.3 Å². The number of imidazole rings is 1. The Kier molecular flexibility index (Phi) is 7.46. The van der Waals surface area contributed by atoms with Crippen molar-refractivity contribution in [2.45, 2.75) is 6.54 Å². The number of fused-ring (bicyclic) bond motifs is 1. The monoisotopic (exact) mass is 621 g/mol. The van der Waals surface area contributed by atoms with Gasteiger partial charge < -0.3 is 21.1 Å². The molecule has 0 aliphatic heterocycles. The Balaban J connectivity index is 1.14. The Morgan fingerprint density at radius 3 is 2.45 bits per heavy atom. The molecule has 0 saturated heterocycles. The van der Waals surface area contributed by atoms with E-state index in [1.165, 1.54) is 7.11 Å². The van der Waals surface area contributed by atoms with Crippen LogP contribution in [0.2, 0.25) is 0 Å². The summed E-state index contributed by atoms with van der Waals surface area (Å²) in [5.41, 5.74) is 11.4. The first kappa shape index (κ1) is 29.1. The topological polar surface area (TPSA) is 154 Å². The number of carbonyl (C=O) groups is 1. The Hall–Kier alpha value is -6.62. The molecular weight excluding hydrogens is 594 g/mol. The minimum Gasteiger partial charge on any atom is -0.491 e. The summed E-state index contributed by atoms with van der Waals surface area (Å²) in [7, 11) is 1.32. The number of hydrogen-bond donors (Lipinski definition) is 3. The maximum atomic E-state index is 13.0. The maximum absolute atomic E-state index is 13.0. The molecule has 0 saturated carbocycles. The highest BCUT2D eigenvalue weighted by Crippen LogP contribution is 2.32. The minimum atomic E-state index is -0.679. The van der Waals surface area contributed by atoms with Gasteiger partial charge in [0.05, 0.1) is 18.4 Å². The van der Waals surface area contributed by atoms with Crippen LogP contribution in [0, 0.1) is 0 Å². The minimum absolute atomic E-state index is 0.0274. The maximum Gasteiger partial charge on any atom is 0.272 e. The summed E-state index contributed by atoms with van der Waals surface area (Å²) >= 11 is 0. The number of hydrogen-bond acceptors (Lipinski definition) is 9. The largest absolute Gasteiger partial charge is 0.491 e. The number of rotatable bonds is 9. The predicted octanol–water partition coefficient (Wildman–Crippen LogP) is 5.01. The van der Waals surface area contributed by atoms with Crippen molar-refractivity contribution in [1.82, 2.24) is 24.8 Å². The molecule has 0 unspecified atom stereocenters. The highest BCUT2D eigenvalue weighted by molar-refractivity contribution is 5.95. The molecule has 0 spiro atoms. The Labute approximate surface area is 268 Å². The van der Waals surface area contributed by atoms with Gasteiger partial charge in [-0.15, -0.1) is 0 Å². The Morgan fingerprint density at radius 2 is 1.68 bits per heavy atom. The molecule has 7 rings (SSSR count). The Bertz CT molecular complexity index is 2340. The van der Waals surface area contributed by atoms with Gasteiger partial charge in [0.1, 0.15) is 17.0 Å². The number of nitrogens with zero attached hydrogens (tertiary/aromatic N) is 4. The summed E-state index contributed by atoms with van der Waals surface area (Å²) in [6.07, 6.45) is 1.64. The molecule has 11 nitrogen and oxygen atoms in total. The van der Waals surface area contributed by atoms with Crippen LogP contribution in [0.1, 0.15) is 15.9 Å². The van der Waals surface area contributed by atoms with Gasteiger partial charge in [0.25, 0.3) is 16.8 Å². The van der Waals surface area contributed by atoms with E-state index in [9.17, 15) is 14.4 Å². The molecule has 7 aromatic rings. The van der Waals surface area contributed by atoms with Gasteiger partial charge >= 0.3 is 0 Å². The van der Waals surface area contributed by atoms with Gasteiger partial charge in [-0.05, 0) is 60.2 Å². The fraction of sp³-hybridized carbons (Fsp3) is 0.0556. The summed E-state index contributed by atoms with van der Waals surface area (Å²) < 4.78 is 6.94. The van der Waals surface area contributed by atoms with E-state index in [0.29, 0.717) is 39.6 Å². The van der Waals surface area contributed by atoms with Crippen LogP contribution in [0.4, 0.5) is 17.2 Å². The molecule has 11 heteroatoms. The van der Waals surface area contributed by atoms with Crippen molar-refractivity contribution in [3.8, 4) is 34.1 Å². The second kappa shape index (κ2) is 12.1. The number of anilines is 3. The molecule has 4 aromatic carbocycles. The fourth-order valence-corrected chi connectivity index (χ4v) is 5.37. The summed E-state index contributed by atoms with van der Waals surface area (Å²) in [4.78, 5) is 50.7. The van der Waals surface area contributed by atoms with Gasteiger partial charge in [-0.25, -0.2) is 15.0 Å². The van der Waals surface area contributed by atoms with E-state index in [1.54, 1.807) is 30.5 Å². The number of nitrogens with one attached hydrogen (secondary N) is 2. The third kappa shape index (κ3) is 5.46. The van der Waals surface area contributed by atoms with Gasteiger partial charge in [0, 0.05) is 35.2 Å². The van der Waals surface area contributed by atoms with Crippen molar-refractivity contribution < 1.29 is 9.53 Å². The highest BCUT2D eigenvalue weighted by Gasteiger charge is 2.22. The second-order valence-electron chi connectivity index (χ2n) is 10.7. The van der Waals surface area contributed by atoms with Crippen molar-refractivity contribution in [1.29, 1.82) is 0 Å². The molecule has 47 heavy (non-hydrogen) atoms. The third-order valence-corrected chi connectivity index (χ3v) is 7.77. The van der Waals surface area contributed by atoms with E-state index in [1.807, 2.05) is 83.4 Å². The van der Waals surface area contributed by atoms with Crippen LogP contribution in [-0.2, 0) is 6.54 Å². The number of nitrogen functional groups attached to an aromatic ring is 1. The van der Waals surface area contributed by atoms with E-state index in [0.717, 1.165) is 22.5 Å². The number of pyridine rings is 2. The zero-order valence-corrected chi connectivity index (χ0v) is 25.1. The van der Waals surface area contributed by atoms with Crippen LogP contribution in [-0.4, -0.2) is 32.5 Å². The summed E-state index contributed by atoms with van der Waals surface area (Å²) in [6, 6.07) is 31.9. The quantitative estimate of drug-likeness (QED) is 0.189. The SMILES string of the molecule is COc1c(Nc2cccc(C(=O)NCc3ccc(-n4c(-c5cccnc5N)nc5ccc(-c6ccccc6)nc54)cc3)c2)c(=O)c1=O. The molecule has 0 bridgehead atoms. The average Bonchev–Trinajstić information content (AvgIpc) is 3.49. The number of methoxy groups -OCH3 is 1. The van der Waals surface area contributed by atoms with Gasteiger partial charge in [-0.2, -0.15) is 0 Å². The molecule has 0 aliphatic carbocycles. The first-order valence-electron chi connectivity index (χ1n) is 14.7. The molecule has 230 valence electrons. The standard InChI is InChI=1S/C36H27N7O4/c1-47-32-29(30(44)31(32)45)40-24-10-5-9-23(19-24)36(46)39-20-21-12-14-25(15-13-21)43-34(26-11-6-18-38-33(26)37)42-28-17-16-27(41-35(28)43)22-7-3-2-4-8-22/h2-19,40H,20H2,1H3,(H2,37,38)(H,39,46). The second-order valence-corrected chi connectivity index (χ2v) is 10.7. The summed E-state index contributed by atoms with van der Waals surface area (Å²) in [5, 5.41) is 5.81. The number of ether oxygens (including phenoxy) is 1. The van der Waals surface area contributed by atoms with Gasteiger partial charge in [-0.1, -0.05) is 48.5 Å². The molecule has 0 radical (unpaired) electrons. The van der Waals surface area contributed by atoms with Crippen LogP contribution >= 0.6 is 0 Å². The first-order valence-corrected chi connectivity index (χ1v) is 14.7. The van der Waals surface area contributed by atoms with E-state index in [4.69, 9.17) is 20.4 Å². The molecule has 3 aromatic heterocycles. The van der Waals surface area contributed by atoms with Crippen LogP contribution in [0.15, 0.2) is 119 Å². The Morgan fingerprint density at radius 1 is 0.872 bits per heavy atom. The van der Waals surface area contributed by atoms with Crippen LogP contribution in [0.25, 0.3) is 39.5 Å². The lowest BCUT2D eigenvalue weighted by Gasteiger charge is -2.13. The van der Waals surface area contributed by atoms with Gasteiger partial charge in [-0.3, -0.25) is 19.0 Å². The van der Waals surface area contributed by atoms with Crippen molar-refractivity contribution in [2.24, 2.45) is 0 Å². The van der Waals surface area contributed by atoms with E-state index >= 15 is 0 Å². The lowest BCUT2D eigenvalue weighted by Crippen LogP contribution is -2.34. The van der Waals surface area contributed by atoms with Crippen LogP contribution in [0.3, 0.4) is 0 Å².